The van der Waals surface area contributed by atoms with Crippen LogP contribution < -0.4 is 0 Å². The molecule has 0 saturated carbocycles. The summed E-state index contributed by atoms with van der Waals surface area (Å²) in [6, 6.07) is 5.42. The molecule has 0 atom stereocenters. The van der Waals surface area contributed by atoms with Crippen LogP contribution >= 0.6 is 39.1 Å². The summed E-state index contributed by atoms with van der Waals surface area (Å²) in [5.74, 6) is 0. The van der Waals surface area contributed by atoms with Crippen molar-refractivity contribution in [2.45, 2.75) is 27.7 Å². The number of hydrogen-bond acceptors (Lipinski definition) is 1. The highest BCUT2D eigenvalue weighted by Gasteiger charge is 2.12. The fraction of sp³-hybridized carbons (Fsp3) is 0.235. The molecule has 0 aliphatic carbocycles. The van der Waals surface area contributed by atoms with Gasteiger partial charge in [-0.1, -0.05) is 44.7 Å². The zero-order valence-electron chi connectivity index (χ0n) is 12.9. The number of rotatable bonds is 3. The van der Waals surface area contributed by atoms with Crippen molar-refractivity contribution in [1.82, 2.24) is 9.78 Å². The Morgan fingerprint density at radius 3 is 2.27 bits per heavy atom. The molecular formula is C17H17BrCl2N2. The molecule has 116 valence electrons. The lowest BCUT2D eigenvalue weighted by Crippen LogP contribution is -2.02. The number of allylic oxidation sites excluding steroid dienone is 4. The highest BCUT2D eigenvalue weighted by molar-refractivity contribution is 9.11. The number of benzene rings is 1. The summed E-state index contributed by atoms with van der Waals surface area (Å²) in [6.45, 7) is 8.24. The minimum absolute atomic E-state index is 0.591. The Hall–Kier alpha value is -1.03. The Kier molecular flexibility index (Phi) is 5.54. The summed E-state index contributed by atoms with van der Waals surface area (Å²) in [7, 11) is 0. The fourth-order valence-corrected chi connectivity index (χ4v) is 3.03. The maximum atomic E-state index is 6.11. The second-order valence-electron chi connectivity index (χ2n) is 5.39. The molecule has 1 aromatic heterocycles. The van der Waals surface area contributed by atoms with Crippen molar-refractivity contribution in [1.29, 1.82) is 0 Å². The molecule has 0 radical (unpaired) electrons. The normalized spacial score (nSPS) is 11.7. The standard InChI is InChI=1S/C17H17BrCl2N2/c1-10(2)16(18)5-11(3)17-12(4)9-21-22(17)15-7-13(19)6-14(20)8-15/h5-9H,1-4H3/b11-5+. The molecule has 0 aliphatic rings. The summed E-state index contributed by atoms with van der Waals surface area (Å²) >= 11 is 15.8. The number of nitrogens with zero attached hydrogens (tertiary/aromatic N) is 2. The van der Waals surface area contributed by atoms with Gasteiger partial charge in [-0.3, -0.25) is 0 Å². The van der Waals surface area contributed by atoms with Crippen LogP contribution in [0.5, 0.6) is 0 Å². The van der Waals surface area contributed by atoms with Gasteiger partial charge in [-0.15, -0.1) is 0 Å². The molecule has 2 rings (SSSR count). The second-order valence-corrected chi connectivity index (χ2v) is 7.12. The van der Waals surface area contributed by atoms with E-state index in [0.29, 0.717) is 10.0 Å². The van der Waals surface area contributed by atoms with Gasteiger partial charge in [0.2, 0.25) is 0 Å². The molecule has 5 heteroatoms. The second kappa shape index (κ2) is 7.03. The van der Waals surface area contributed by atoms with Crippen LogP contribution in [0, 0.1) is 6.92 Å². The lowest BCUT2D eigenvalue weighted by atomic mass is 10.1. The average Bonchev–Trinajstić information content (AvgIpc) is 2.79. The highest BCUT2D eigenvalue weighted by Crippen LogP contribution is 2.28. The van der Waals surface area contributed by atoms with Gasteiger partial charge in [0.05, 0.1) is 17.6 Å². The number of halogens is 3. The summed E-state index contributed by atoms with van der Waals surface area (Å²) in [6.07, 6.45) is 3.94. The quantitative estimate of drug-likeness (QED) is 0.533. The van der Waals surface area contributed by atoms with Crippen LogP contribution in [-0.4, -0.2) is 9.78 Å². The Balaban J connectivity index is 2.60. The van der Waals surface area contributed by atoms with E-state index in [1.54, 1.807) is 6.07 Å². The molecule has 1 heterocycles. The number of hydrogen-bond donors (Lipinski definition) is 0. The van der Waals surface area contributed by atoms with E-state index in [4.69, 9.17) is 23.2 Å². The number of aryl methyl sites for hydroxylation is 1. The lowest BCUT2D eigenvalue weighted by Gasteiger charge is -2.10. The molecule has 22 heavy (non-hydrogen) atoms. The van der Waals surface area contributed by atoms with Crippen molar-refractivity contribution in [2.24, 2.45) is 0 Å². The molecule has 0 fully saturated rings. The van der Waals surface area contributed by atoms with Crippen molar-refractivity contribution in [2.75, 3.05) is 0 Å². The SMILES string of the molecule is CC(C)=C(Br)/C=C(\C)c1c(C)cnn1-c1cc(Cl)cc(Cl)c1. The summed E-state index contributed by atoms with van der Waals surface area (Å²) in [5, 5.41) is 5.65. The van der Waals surface area contributed by atoms with E-state index in [1.165, 1.54) is 5.57 Å². The topological polar surface area (TPSA) is 17.8 Å². The van der Waals surface area contributed by atoms with Crippen molar-refractivity contribution in [3.8, 4) is 5.69 Å². The van der Waals surface area contributed by atoms with Crippen LogP contribution in [0.1, 0.15) is 32.0 Å². The van der Waals surface area contributed by atoms with Crippen molar-refractivity contribution >= 4 is 44.7 Å². The van der Waals surface area contributed by atoms with Gasteiger partial charge < -0.3 is 0 Å². The first-order chi connectivity index (χ1) is 10.3. The monoisotopic (exact) mass is 398 g/mol. The van der Waals surface area contributed by atoms with Gasteiger partial charge in [0.1, 0.15) is 0 Å². The molecule has 2 nitrogen and oxygen atoms in total. The number of aromatic nitrogens is 2. The van der Waals surface area contributed by atoms with Crippen LogP contribution in [0.15, 0.2) is 40.5 Å². The van der Waals surface area contributed by atoms with Gasteiger partial charge in [0, 0.05) is 14.5 Å². The van der Waals surface area contributed by atoms with Crippen molar-refractivity contribution in [3.63, 3.8) is 0 Å². The smallest absolute Gasteiger partial charge is 0.0727 e. The molecule has 0 saturated heterocycles. The van der Waals surface area contributed by atoms with E-state index in [1.807, 2.05) is 29.9 Å². The Morgan fingerprint density at radius 1 is 1.14 bits per heavy atom. The minimum atomic E-state index is 0.591. The van der Waals surface area contributed by atoms with E-state index < -0.39 is 0 Å². The third-order valence-corrected chi connectivity index (χ3v) is 4.70. The summed E-state index contributed by atoms with van der Waals surface area (Å²) in [4.78, 5) is 0. The predicted molar refractivity (Wildman–Crippen MR) is 99.3 cm³/mol. The Bertz CT molecular complexity index is 749. The Labute approximate surface area is 149 Å². The molecule has 0 amide bonds. The van der Waals surface area contributed by atoms with E-state index in [0.717, 1.165) is 27.0 Å². The maximum Gasteiger partial charge on any atom is 0.0727 e. The molecule has 0 bridgehead atoms. The van der Waals surface area contributed by atoms with Crippen LogP contribution in [0.3, 0.4) is 0 Å². The van der Waals surface area contributed by atoms with Crippen molar-refractivity contribution in [3.05, 3.63) is 61.8 Å². The van der Waals surface area contributed by atoms with Crippen LogP contribution in [0.4, 0.5) is 0 Å². The van der Waals surface area contributed by atoms with E-state index >= 15 is 0 Å². The molecule has 0 aliphatic heterocycles. The van der Waals surface area contributed by atoms with Crippen molar-refractivity contribution < 1.29 is 0 Å². The molecule has 2 aromatic rings. The molecule has 0 unspecified atom stereocenters. The third kappa shape index (κ3) is 3.83. The maximum absolute atomic E-state index is 6.11. The van der Waals surface area contributed by atoms with Gasteiger partial charge in [-0.25, -0.2) is 4.68 Å². The summed E-state index contributed by atoms with van der Waals surface area (Å²) < 4.78 is 2.94. The zero-order chi connectivity index (χ0) is 16.4. The van der Waals surface area contributed by atoms with Gasteiger partial charge in [-0.2, -0.15) is 5.10 Å². The van der Waals surface area contributed by atoms with Crippen LogP contribution in [0.2, 0.25) is 10.0 Å². The first-order valence-corrected chi connectivity index (χ1v) is 8.37. The molecule has 0 N–H and O–H groups in total. The summed E-state index contributed by atoms with van der Waals surface area (Å²) in [5.41, 5.74) is 5.31. The molecule has 1 aromatic carbocycles. The average molecular weight is 400 g/mol. The first kappa shape index (κ1) is 17.3. The largest absolute Gasteiger partial charge is 0.233 e. The molecule has 0 spiro atoms. The highest BCUT2D eigenvalue weighted by atomic mass is 79.9. The first-order valence-electron chi connectivity index (χ1n) is 6.82. The van der Waals surface area contributed by atoms with E-state index in [-0.39, 0.29) is 0 Å². The fourth-order valence-electron chi connectivity index (χ4n) is 2.17. The molecular weight excluding hydrogens is 383 g/mol. The van der Waals surface area contributed by atoms with Crippen LogP contribution in [0.25, 0.3) is 11.3 Å². The van der Waals surface area contributed by atoms with Gasteiger partial charge in [0.25, 0.3) is 0 Å². The zero-order valence-corrected chi connectivity index (χ0v) is 16.0. The van der Waals surface area contributed by atoms with Crippen LogP contribution in [-0.2, 0) is 0 Å². The van der Waals surface area contributed by atoms with Gasteiger partial charge in [0.15, 0.2) is 0 Å². The third-order valence-electron chi connectivity index (χ3n) is 3.24. The Morgan fingerprint density at radius 2 is 1.73 bits per heavy atom. The van der Waals surface area contributed by atoms with Gasteiger partial charge in [-0.05, 0) is 63.1 Å². The van der Waals surface area contributed by atoms with E-state index in [2.05, 4.69) is 47.9 Å². The van der Waals surface area contributed by atoms with E-state index in [9.17, 15) is 0 Å². The van der Waals surface area contributed by atoms with Gasteiger partial charge >= 0.3 is 0 Å². The minimum Gasteiger partial charge on any atom is -0.233 e. The predicted octanol–water partition coefficient (Wildman–Crippen LogP) is 6.58. The lowest BCUT2D eigenvalue weighted by molar-refractivity contribution is 0.865.